The van der Waals surface area contributed by atoms with E-state index in [4.69, 9.17) is 4.74 Å². The highest BCUT2D eigenvalue weighted by atomic mass is 32.1. The molecule has 0 bridgehead atoms. The number of aryl methyl sites for hydroxylation is 1. The lowest BCUT2D eigenvalue weighted by Crippen LogP contribution is -2.31. The van der Waals surface area contributed by atoms with E-state index in [2.05, 4.69) is 24.1 Å². The molecule has 1 aliphatic rings. The van der Waals surface area contributed by atoms with E-state index in [1.807, 2.05) is 5.51 Å². The Hall–Kier alpha value is -0.450. The fourth-order valence-corrected chi connectivity index (χ4v) is 2.64. The summed E-state index contributed by atoms with van der Waals surface area (Å²) in [4.78, 5) is 5.60. The fourth-order valence-electron chi connectivity index (χ4n) is 1.82. The average molecular weight is 212 g/mol. The SMILES string of the molecule is Cc1ncsc1C(C)NC1CCOC1. The lowest BCUT2D eigenvalue weighted by Gasteiger charge is -2.17. The molecule has 4 heteroatoms. The first-order valence-electron chi connectivity index (χ1n) is 5.01. The summed E-state index contributed by atoms with van der Waals surface area (Å²) in [6, 6.07) is 0.917. The zero-order valence-corrected chi connectivity index (χ0v) is 9.43. The third-order valence-electron chi connectivity index (χ3n) is 2.59. The Morgan fingerprint density at radius 1 is 1.71 bits per heavy atom. The summed E-state index contributed by atoms with van der Waals surface area (Å²) in [5.41, 5.74) is 3.06. The maximum Gasteiger partial charge on any atom is 0.0798 e. The van der Waals surface area contributed by atoms with Gasteiger partial charge in [-0.3, -0.25) is 0 Å². The monoisotopic (exact) mass is 212 g/mol. The van der Waals surface area contributed by atoms with Crippen molar-refractivity contribution in [1.29, 1.82) is 0 Å². The van der Waals surface area contributed by atoms with Crippen LogP contribution in [0.5, 0.6) is 0 Å². The summed E-state index contributed by atoms with van der Waals surface area (Å²) in [5.74, 6) is 0. The van der Waals surface area contributed by atoms with Crippen LogP contribution in [0.2, 0.25) is 0 Å². The third kappa shape index (κ3) is 2.13. The van der Waals surface area contributed by atoms with Crippen molar-refractivity contribution in [3.63, 3.8) is 0 Å². The molecule has 2 atom stereocenters. The predicted molar refractivity (Wildman–Crippen MR) is 57.6 cm³/mol. The van der Waals surface area contributed by atoms with Gasteiger partial charge in [-0.25, -0.2) is 4.98 Å². The summed E-state index contributed by atoms with van der Waals surface area (Å²) < 4.78 is 5.33. The van der Waals surface area contributed by atoms with Crippen molar-refractivity contribution in [3.8, 4) is 0 Å². The second kappa shape index (κ2) is 4.38. The smallest absolute Gasteiger partial charge is 0.0798 e. The Kier molecular flexibility index (Phi) is 3.15. The summed E-state index contributed by atoms with van der Waals surface area (Å²) in [6.07, 6.45) is 1.13. The van der Waals surface area contributed by atoms with Gasteiger partial charge in [-0.2, -0.15) is 0 Å². The van der Waals surface area contributed by atoms with Crippen LogP contribution >= 0.6 is 11.3 Å². The fraction of sp³-hybridized carbons (Fsp3) is 0.700. The molecule has 2 rings (SSSR count). The highest BCUT2D eigenvalue weighted by Gasteiger charge is 2.19. The standard InChI is InChI=1S/C10H16N2OS/c1-7-10(14-6-11-7)8(2)12-9-3-4-13-5-9/h6,8-9,12H,3-5H2,1-2H3. The Bertz CT molecular complexity index is 294. The molecule has 14 heavy (non-hydrogen) atoms. The van der Waals surface area contributed by atoms with Crippen LogP contribution in [-0.2, 0) is 4.74 Å². The zero-order valence-electron chi connectivity index (χ0n) is 8.62. The first kappa shape index (κ1) is 10.1. The van der Waals surface area contributed by atoms with Gasteiger partial charge >= 0.3 is 0 Å². The van der Waals surface area contributed by atoms with Gasteiger partial charge < -0.3 is 10.1 Å². The van der Waals surface area contributed by atoms with E-state index in [9.17, 15) is 0 Å². The molecule has 3 nitrogen and oxygen atoms in total. The molecule has 2 unspecified atom stereocenters. The lowest BCUT2D eigenvalue weighted by atomic mass is 10.2. The Labute approximate surface area is 88.5 Å². The number of aromatic nitrogens is 1. The molecule has 1 aromatic heterocycles. The first-order chi connectivity index (χ1) is 6.77. The molecular weight excluding hydrogens is 196 g/mol. The largest absolute Gasteiger partial charge is 0.380 e. The van der Waals surface area contributed by atoms with Crippen molar-refractivity contribution in [2.24, 2.45) is 0 Å². The van der Waals surface area contributed by atoms with E-state index in [1.54, 1.807) is 11.3 Å². The van der Waals surface area contributed by atoms with Gasteiger partial charge in [0.1, 0.15) is 0 Å². The minimum absolute atomic E-state index is 0.397. The van der Waals surface area contributed by atoms with Crippen molar-refractivity contribution in [3.05, 3.63) is 16.1 Å². The van der Waals surface area contributed by atoms with Gasteiger partial charge in [0, 0.05) is 23.6 Å². The summed E-state index contributed by atoms with van der Waals surface area (Å²) >= 11 is 1.73. The molecule has 0 radical (unpaired) electrons. The number of ether oxygens (including phenoxy) is 1. The Morgan fingerprint density at radius 3 is 3.14 bits per heavy atom. The molecule has 0 aromatic carbocycles. The van der Waals surface area contributed by atoms with Crippen molar-refractivity contribution < 1.29 is 4.74 Å². The number of thiazole rings is 1. The maximum absolute atomic E-state index is 5.33. The quantitative estimate of drug-likeness (QED) is 0.831. The van der Waals surface area contributed by atoms with Crippen LogP contribution in [0, 0.1) is 6.92 Å². The van der Waals surface area contributed by atoms with Gasteiger partial charge in [0.2, 0.25) is 0 Å². The molecular formula is C10H16N2OS. The van der Waals surface area contributed by atoms with E-state index in [0.717, 1.165) is 25.3 Å². The first-order valence-corrected chi connectivity index (χ1v) is 5.89. The van der Waals surface area contributed by atoms with E-state index in [1.165, 1.54) is 4.88 Å². The third-order valence-corrected chi connectivity index (χ3v) is 3.71. The van der Waals surface area contributed by atoms with Gasteiger partial charge in [0.15, 0.2) is 0 Å². The topological polar surface area (TPSA) is 34.2 Å². The van der Waals surface area contributed by atoms with Crippen LogP contribution in [0.4, 0.5) is 0 Å². The number of nitrogens with one attached hydrogen (secondary N) is 1. The molecule has 0 amide bonds. The van der Waals surface area contributed by atoms with E-state index >= 15 is 0 Å². The molecule has 0 aliphatic carbocycles. The average Bonchev–Trinajstić information content (AvgIpc) is 2.75. The van der Waals surface area contributed by atoms with Crippen molar-refractivity contribution in [2.45, 2.75) is 32.4 Å². The molecule has 2 heterocycles. The van der Waals surface area contributed by atoms with Gasteiger partial charge in [-0.1, -0.05) is 0 Å². The number of nitrogens with zero attached hydrogens (tertiary/aromatic N) is 1. The molecule has 78 valence electrons. The van der Waals surface area contributed by atoms with Gasteiger partial charge in [-0.15, -0.1) is 11.3 Å². The predicted octanol–water partition coefficient (Wildman–Crippen LogP) is 1.89. The number of rotatable bonds is 3. The zero-order chi connectivity index (χ0) is 9.97. The van der Waals surface area contributed by atoms with Crippen LogP contribution in [0.15, 0.2) is 5.51 Å². The molecule has 1 aliphatic heterocycles. The van der Waals surface area contributed by atoms with Gasteiger partial charge in [0.05, 0.1) is 17.8 Å². The van der Waals surface area contributed by atoms with Crippen molar-refractivity contribution >= 4 is 11.3 Å². The number of hydrogen-bond acceptors (Lipinski definition) is 4. The van der Waals surface area contributed by atoms with Crippen LogP contribution in [-0.4, -0.2) is 24.2 Å². The summed E-state index contributed by atoms with van der Waals surface area (Å²) in [7, 11) is 0. The Morgan fingerprint density at radius 2 is 2.57 bits per heavy atom. The van der Waals surface area contributed by atoms with E-state index in [-0.39, 0.29) is 0 Å². The molecule has 0 spiro atoms. The van der Waals surface area contributed by atoms with Crippen molar-refractivity contribution in [2.75, 3.05) is 13.2 Å². The highest BCUT2D eigenvalue weighted by molar-refractivity contribution is 7.09. The maximum atomic E-state index is 5.33. The van der Waals surface area contributed by atoms with Crippen LogP contribution in [0.1, 0.15) is 30.0 Å². The minimum Gasteiger partial charge on any atom is -0.380 e. The normalized spacial score (nSPS) is 24.0. The second-order valence-electron chi connectivity index (χ2n) is 3.75. The Balaban J connectivity index is 1.95. The second-order valence-corrected chi connectivity index (χ2v) is 4.64. The van der Waals surface area contributed by atoms with Crippen molar-refractivity contribution in [1.82, 2.24) is 10.3 Å². The molecule has 0 saturated carbocycles. The van der Waals surface area contributed by atoms with Gasteiger partial charge in [0.25, 0.3) is 0 Å². The van der Waals surface area contributed by atoms with E-state index < -0.39 is 0 Å². The summed E-state index contributed by atoms with van der Waals surface area (Å²) in [6.45, 7) is 6.00. The van der Waals surface area contributed by atoms with Gasteiger partial charge in [-0.05, 0) is 20.3 Å². The molecule has 1 saturated heterocycles. The molecule has 1 N–H and O–H groups in total. The highest BCUT2D eigenvalue weighted by Crippen LogP contribution is 2.22. The summed E-state index contributed by atoms with van der Waals surface area (Å²) in [5, 5.41) is 3.57. The van der Waals surface area contributed by atoms with Crippen LogP contribution < -0.4 is 5.32 Å². The molecule has 1 aromatic rings. The minimum atomic E-state index is 0.397. The van der Waals surface area contributed by atoms with Crippen LogP contribution in [0.3, 0.4) is 0 Å². The number of hydrogen-bond donors (Lipinski definition) is 1. The van der Waals surface area contributed by atoms with E-state index in [0.29, 0.717) is 12.1 Å². The van der Waals surface area contributed by atoms with Crippen LogP contribution in [0.25, 0.3) is 0 Å². The lowest BCUT2D eigenvalue weighted by molar-refractivity contribution is 0.188. The molecule has 1 fully saturated rings.